The molecule has 5 nitrogen and oxygen atoms in total. The van der Waals surface area contributed by atoms with Crippen LogP contribution in [0.2, 0.25) is 0 Å². The summed E-state index contributed by atoms with van der Waals surface area (Å²) in [5.74, 6) is 0. The van der Waals surface area contributed by atoms with Gasteiger partial charge in [-0.2, -0.15) is 13.2 Å². The first-order valence-electron chi connectivity index (χ1n) is 4.07. The Morgan fingerprint density at radius 2 is 2.12 bits per heavy atom. The highest BCUT2D eigenvalue weighted by atomic mass is 32.1. The Kier molecular flexibility index (Phi) is 3.36. The van der Waals surface area contributed by atoms with Crippen molar-refractivity contribution >= 4 is 11.3 Å². The molecule has 0 amide bonds. The summed E-state index contributed by atoms with van der Waals surface area (Å²) in [4.78, 5) is 17.6. The maximum atomic E-state index is 12.3. The first-order valence-corrected chi connectivity index (χ1v) is 4.89. The molecule has 1 heterocycles. The van der Waals surface area contributed by atoms with Gasteiger partial charge in [0.2, 0.25) is 0 Å². The van der Waals surface area contributed by atoms with E-state index in [4.69, 9.17) is 0 Å². The molecule has 0 bridgehead atoms. The average Bonchev–Trinajstić information content (AvgIpc) is 2.44. The summed E-state index contributed by atoms with van der Waals surface area (Å²) in [6, 6.07) is 0. The summed E-state index contributed by atoms with van der Waals surface area (Å²) < 4.78 is 36.8. The lowest BCUT2D eigenvalue weighted by molar-refractivity contribution is -0.769. The third-order valence-corrected chi connectivity index (χ3v) is 3.05. The number of rotatable bonds is 3. The summed E-state index contributed by atoms with van der Waals surface area (Å²) in [5, 5.41) is 7.97. The number of halogens is 3. The van der Waals surface area contributed by atoms with E-state index in [-0.39, 0.29) is 10.6 Å². The van der Waals surface area contributed by atoms with Gasteiger partial charge in [-0.25, -0.2) is 4.98 Å². The summed E-state index contributed by atoms with van der Waals surface area (Å²) in [7, 11) is 0. The minimum atomic E-state index is -4.54. The van der Waals surface area contributed by atoms with Gasteiger partial charge >= 0.3 is 6.18 Å². The number of hydrogen-bond acceptors (Lipinski definition) is 5. The number of nitrogens with zero attached hydrogens (tertiary/aromatic N) is 2. The molecule has 1 aromatic heterocycles. The molecule has 0 radical (unpaired) electrons. The lowest BCUT2D eigenvalue weighted by atomic mass is 10.3. The third kappa shape index (κ3) is 2.81. The van der Waals surface area contributed by atoms with E-state index in [0.29, 0.717) is 11.3 Å². The van der Waals surface area contributed by atoms with Crippen molar-refractivity contribution in [2.24, 2.45) is 0 Å². The zero-order valence-corrected chi connectivity index (χ0v) is 9.06. The highest BCUT2D eigenvalue weighted by molar-refractivity contribution is 7.11. The lowest BCUT2D eigenvalue weighted by Gasteiger charge is -2.06. The molecule has 0 N–H and O–H groups in total. The van der Waals surface area contributed by atoms with Crippen molar-refractivity contribution in [1.29, 1.82) is 0 Å². The molecule has 0 aliphatic rings. The van der Waals surface area contributed by atoms with Gasteiger partial charge in [-0.15, -0.1) is 21.5 Å². The molecule has 1 atom stereocenters. The fourth-order valence-corrected chi connectivity index (χ4v) is 1.99. The number of aryl methyl sites for hydroxylation is 1. The third-order valence-electron chi connectivity index (χ3n) is 1.69. The first-order chi connectivity index (χ1) is 7.21. The molecular formula is C7H7F3N2O3S. The second kappa shape index (κ2) is 4.24. The van der Waals surface area contributed by atoms with Crippen molar-refractivity contribution in [1.82, 2.24) is 4.98 Å². The maximum Gasteiger partial charge on any atom is 0.443 e. The van der Waals surface area contributed by atoms with E-state index >= 15 is 0 Å². The van der Waals surface area contributed by atoms with Crippen LogP contribution in [0.15, 0.2) is 0 Å². The van der Waals surface area contributed by atoms with Crippen molar-refractivity contribution in [3.05, 3.63) is 25.7 Å². The predicted molar refractivity (Wildman–Crippen MR) is 48.3 cm³/mol. The summed E-state index contributed by atoms with van der Waals surface area (Å²) in [6.07, 6.45) is -5.59. The Labute approximate surface area is 92.0 Å². The molecule has 0 aromatic carbocycles. The van der Waals surface area contributed by atoms with Crippen molar-refractivity contribution in [3.8, 4) is 0 Å². The second-order valence-corrected chi connectivity index (χ2v) is 3.97. The Hall–Kier alpha value is -1.38. The van der Waals surface area contributed by atoms with Gasteiger partial charge < -0.3 is 4.84 Å². The van der Waals surface area contributed by atoms with E-state index in [2.05, 4.69) is 9.82 Å². The SMILES string of the molecule is Cc1nc(C(F)(F)F)sc1C(C)O[N+](=O)[O-]. The quantitative estimate of drug-likeness (QED) is 0.616. The minimum Gasteiger partial charge on any atom is -0.305 e. The average molecular weight is 256 g/mol. The molecular weight excluding hydrogens is 249 g/mol. The van der Waals surface area contributed by atoms with Crippen molar-refractivity contribution < 1.29 is 23.1 Å². The molecule has 0 saturated heterocycles. The van der Waals surface area contributed by atoms with E-state index in [9.17, 15) is 23.3 Å². The van der Waals surface area contributed by atoms with Gasteiger partial charge in [-0.3, -0.25) is 0 Å². The zero-order chi connectivity index (χ0) is 12.5. The monoisotopic (exact) mass is 256 g/mol. The van der Waals surface area contributed by atoms with Gasteiger partial charge in [0.25, 0.3) is 5.09 Å². The number of alkyl halides is 3. The minimum absolute atomic E-state index is 0.0895. The standard InChI is InChI=1S/C7H7F3N2O3S/c1-3-5(4(2)15-12(13)14)16-6(11-3)7(8,9)10/h4H,1-2H3. The van der Waals surface area contributed by atoms with E-state index < -0.39 is 22.4 Å². The van der Waals surface area contributed by atoms with Gasteiger partial charge in [0.15, 0.2) is 5.01 Å². The van der Waals surface area contributed by atoms with Crippen LogP contribution in [-0.2, 0) is 11.0 Å². The molecule has 9 heteroatoms. The van der Waals surface area contributed by atoms with Crippen LogP contribution in [0, 0.1) is 17.0 Å². The predicted octanol–water partition coefficient (Wildman–Crippen LogP) is 2.74. The van der Waals surface area contributed by atoms with Gasteiger partial charge in [0.1, 0.15) is 6.10 Å². The largest absolute Gasteiger partial charge is 0.443 e. The van der Waals surface area contributed by atoms with Crippen LogP contribution in [0.25, 0.3) is 0 Å². The molecule has 16 heavy (non-hydrogen) atoms. The van der Waals surface area contributed by atoms with E-state index in [1.54, 1.807) is 0 Å². The molecule has 0 spiro atoms. The highest BCUT2D eigenvalue weighted by Crippen LogP contribution is 2.36. The van der Waals surface area contributed by atoms with Crippen LogP contribution in [-0.4, -0.2) is 10.1 Å². The van der Waals surface area contributed by atoms with Crippen LogP contribution in [0.3, 0.4) is 0 Å². The van der Waals surface area contributed by atoms with Crippen LogP contribution in [0.4, 0.5) is 13.2 Å². The van der Waals surface area contributed by atoms with Gasteiger partial charge in [-0.1, -0.05) is 0 Å². The Bertz CT molecular complexity index is 404. The molecule has 0 fully saturated rings. The normalized spacial score (nSPS) is 13.6. The highest BCUT2D eigenvalue weighted by Gasteiger charge is 2.36. The molecule has 0 aliphatic carbocycles. The Morgan fingerprint density at radius 3 is 2.50 bits per heavy atom. The van der Waals surface area contributed by atoms with E-state index in [1.165, 1.54) is 13.8 Å². The Balaban J connectivity index is 2.98. The molecule has 1 rings (SSSR count). The number of aromatic nitrogens is 1. The van der Waals surface area contributed by atoms with Crippen molar-refractivity contribution in [2.75, 3.05) is 0 Å². The van der Waals surface area contributed by atoms with E-state index in [0.717, 1.165) is 0 Å². The fourth-order valence-electron chi connectivity index (χ4n) is 1.08. The molecule has 0 saturated carbocycles. The summed E-state index contributed by atoms with van der Waals surface area (Å²) in [6.45, 7) is 2.64. The zero-order valence-electron chi connectivity index (χ0n) is 8.24. The maximum absolute atomic E-state index is 12.3. The molecule has 1 aromatic rings. The summed E-state index contributed by atoms with van der Waals surface area (Å²) >= 11 is 0.351. The van der Waals surface area contributed by atoms with Gasteiger partial charge in [0, 0.05) is 0 Å². The number of hydrogen-bond donors (Lipinski definition) is 0. The first kappa shape index (κ1) is 12.7. The smallest absolute Gasteiger partial charge is 0.305 e. The molecule has 0 aliphatic heterocycles. The fraction of sp³-hybridized carbons (Fsp3) is 0.571. The topological polar surface area (TPSA) is 65.3 Å². The van der Waals surface area contributed by atoms with Crippen molar-refractivity contribution in [2.45, 2.75) is 26.1 Å². The molecule has 1 unspecified atom stereocenters. The molecule has 90 valence electrons. The number of thiazole rings is 1. The second-order valence-electron chi connectivity index (χ2n) is 2.94. The van der Waals surface area contributed by atoms with E-state index in [1.807, 2.05) is 0 Å². The van der Waals surface area contributed by atoms with Crippen LogP contribution in [0.5, 0.6) is 0 Å². The van der Waals surface area contributed by atoms with Crippen LogP contribution >= 0.6 is 11.3 Å². The lowest BCUT2D eigenvalue weighted by Crippen LogP contribution is -2.05. The van der Waals surface area contributed by atoms with Gasteiger partial charge in [-0.05, 0) is 13.8 Å². The van der Waals surface area contributed by atoms with Crippen molar-refractivity contribution in [3.63, 3.8) is 0 Å². The summed E-state index contributed by atoms with van der Waals surface area (Å²) in [5.41, 5.74) is 0.0895. The van der Waals surface area contributed by atoms with Crippen LogP contribution < -0.4 is 0 Å². The Morgan fingerprint density at radius 1 is 1.56 bits per heavy atom. The van der Waals surface area contributed by atoms with Crippen LogP contribution in [0.1, 0.15) is 28.6 Å². The van der Waals surface area contributed by atoms with Gasteiger partial charge in [0.05, 0.1) is 10.6 Å².